The minimum absolute atomic E-state index is 0.411. The highest BCUT2D eigenvalue weighted by atomic mass is 15.1. The molecule has 1 aromatic heterocycles. The van der Waals surface area contributed by atoms with E-state index in [1.807, 2.05) is 61.5 Å². The molecule has 0 unspecified atom stereocenters. The van der Waals surface area contributed by atoms with Crippen LogP contribution in [0.2, 0.25) is 0 Å². The second-order valence-corrected chi connectivity index (χ2v) is 5.58. The average Bonchev–Trinajstić information content (AvgIpc) is 2.58. The van der Waals surface area contributed by atoms with Gasteiger partial charge in [-0.25, -0.2) is 4.98 Å². The van der Waals surface area contributed by atoms with Crippen LogP contribution >= 0.6 is 0 Å². The lowest BCUT2D eigenvalue weighted by Gasteiger charge is -2.07. The van der Waals surface area contributed by atoms with E-state index >= 15 is 0 Å². The van der Waals surface area contributed by atoms with Gasteiger partial charge in [0.15, 0.2) is 5.96 Å². The molecule has 0 atom stereocenters. The number of anilines is 2. The number of nitrogens with two attached hydrogens (primary N) is 1. The molecule has 0 bridgehead atoms. The first-order valence-corrected chi connectivity index (χ1v) is 7.94. The highest BCUT2D eigenvalue weighted by molar-refractivity contribution is 5.92. The summed E-state index contributed by atoms with van der Waals surface area (Å²) in [6, 6.07) is 20.1. The molecular weight excluding hydrogens is 298 g/mol. The summed E-state index contributed by atoms with van der Waals surface area (Å²) in [6.45, 7) is 3.28. The van der Waals surface area contributed by atoms with Crippen molar-refractivity contribution in [2.24, 2.45) is 10.7 Å². The van der Waals surface area contributed by atoms with Crippen molar-refractivity contribution >= 4 is 28.4 Å². The number of fused-ring (bicyclic) bond motifs is 1. The molecule has 5 heteroatoms. The Balaban J connectivity index is 1.51. The van der Waals surface area contributed by atoms with Gasteiger partial charge < -0.3 is 16.4 Å². The first kappa shape index (κ1) is 15.8. The number of nitrogens with zero attached hydrogens (tertiary/aromatic N) is 2. The minimum atomic E-state index is 0.411. The molecule has 3 rings (SSSR count). The quantitative estimate of drug-likeness (QED) is 0.383. The fourth-order valence-corrected chi connectivity index (χ4v) is 2.44. The SMILES string of the molecule is Cc1cccc(NC(N)=NCCNc2ccc3ccccc3n2)c1. The summed E-state index contributed by atoms with van der Waals surface area (Å²) in [7, 11) is 0. The maximum atomic E-state index is 5.91. The molecule has 1 heterocycles. The smallest absolute Gasteiger partial charge is 0.193 e. The highest BCUT2D eigenvalue weighted by Crippen LogP contribution is 2.14. The topological polar surface area (TPSA) is 75.3 Å². The molecule has 0 saturated heterocycles. The summed E-state index contributed by atoms with van der Waals surface area (Å²) in [4.78, 5) is 8.88. The number of para-hydroxylation sites is 1. The van der Waals surface area contributed by atoms with Crippen LogP contribution in [-0.4, -0.2) is 24.0 Å². The van der Waals surface area contributed by atoms with Crippen LogP contribution in [0.4, 0.5) is 11.5 Å². The van der Waals surface area contributed by atoms with Crippen molar-refractivity contribution in [3.8, 4) is 0 Å². The third kappa shape index (κ3) is 4.23. The molecule has 2 aromatic carbocycles. The lowest BCUT2D eigenvalue weighted by atomic mass is 10.2. The predicted octanol–water partition coefficient (Wildman–Crippen LogP) is 3.38. The third-order valence-corrected chi connectivity index (χ3v) is 3.59. The first-order chi connectivity index (χ1) is 11.7. The van der Waals surface area contributed by atoms with Gasteiger partial charge in [-0.05, 0) is 42.8 Å². The summed E-state index contributed by atoms with van der Waals surface area (Å²) in [5, 5.41) is 7.49. The second-order valence-electron chi connectivity index (χ2n) is 5.58. The largest absolute Gasteiger partial charge is 0.370 e. The first-order valence-electron chi connectivity index (χ1n) is 7.94. The number of hydrogen-bond acceptors (Lipinski definition) is 3. The molecule has 5 nitrogen and oxygen atoms in total. The maximum absolute atomic E-state index is 5.91. The Kier molecular flexibility index (Phi) is 4.91. The molecule has 0 radical (unpaired) electrons. The van der Waals surface area contributed by atoms with E-state index in [0.29, 0.717) is 19.0 Å². The Morgan fingerprint density at radius 2 is 1.96 bits per heavy atom. The van der Waals surface area contributed by atoms with Crippen molar-refractivity contribution in [3.63, 3.8) is 0 Å². The maximum Gasteiger partial charge on any atom is 0.193 e. The number of aryl methyl sites for hydroxylation is 1. The lowest BCUT2D eigenvalue weighted by molar-refractivity contribution is 1.01. The molecule has 122 valence electrons. The van der Waals surface area contributed by atoms with Crippen LogP contribution in [0.5, 0.6) is 0 Å². The van der Waals surface area contributed by atoms with E-state index in [-0.39, 0.29) is 0 Å². The summed E-state index contributed by atoms with van der Waals surface area (Å²) in [6.07, 6.45) is 0. The molecule has 0 amide bonds. The number of aliphatic imine (C=N–C) groups is 1. The predicted molar refractivity (Wildman–Crippen MR) is 102 cm³/mol. The van der Waals surface area contributed by atoms with E-state index in [9.17, 15) is 0 Å². The molecule has 0 aliphatic heterocycles. The van der Waals surface area contributed by atoms with Crippen molar-refractivity contribution in [1.82, 2.24) is 4.98 Å². The summed E-state index contributed by atoms with van der Waals surface area (Å²) < 4.78 is 0. The highest BCUT2D eigenvalue weighted by Gasteiger charge is 1.98. The van der Waals surface area contributed by atoms with Crippen LogP contribution in [0.3, 0.4) is 0 Å². The van der Waals surface area contributed by atoms with Crippen molar-refractivity contribution in [3.05, 3.63) is 66.2 Å². The Labute approximate surface area is 141 Å². The van der Waals surface area contributed by atoms with Gasteiger partial charge in [-0.3, -0.25) is 4.99 Å². The zero-order valence-electron chi connectivity index (χ0n) is 13.7. The van der Waals surface area contributed by atoms with Crippen LogP contribution in [0.25, 0.3) is 10.9 Å². The number of rotatable bonds is 5. The molecule has 0 spiro atoms. The van der Waals surface area contributed by atoms with Crippen molar-refractivity contribution in [2.45, 2.75) is 6.92 Å². The molecule has 24 heavy (non-hydrogen) atoms. The molecule has 4 N–H and O–H groups in total. The van der Waals surface area contributed by atoms with E-state index in [4.69, 9.17) is 5.73 Å². The van der Waals surface area contributed by atoms with E-state index < -0.39 is 0 Å². The summed E-state index contributed by atoms with van der Waals surface area (Å²) >= 11 is 0. The van der Waals surface area contributed by atoms with Gasteiger partial charge in [0.1, 0.15) is 5.82 Å². The van der Waals surface area contributed by atoms with Gasteiger partial charge in [0.05, 0.1) is 12.1 Å². The fourth-order valence-electron chi connectivity index (χ4n) is 2.44. The van der Waals surface area contributed by atoms with Crippen LogP contribution in [0, 0.1) is 6.92 Å². The van der Waals surface area contributed by atoms with E-state index in [0.717, 1.165) is 22.4 Å². The Bertz CT molecular complexity index is 857. The lowest BCUT2D eigenvalue weighted by Crippen LogP contribution is -2.23. The number of hydrogen-bond donors (Lipinski definition) is 3. The number of aromatic nitrogens is 1. The van der Waals surface area contributed by atoms with E-state index in [1.54, 1.807) is 0 Å². The van der Waals surface area contributed by atoms with Gasteiger partial charge in [0.2, 0.25) is 0 Å². The fraction of sp³-hybridized carbons (Fsp3) is 0.158. The summed E-state index contributed by atoms with van der Waals surface area (Å²) in [5.74, 6) is 1.25. The molecular formula is C19H21N5. The Morgan fingerprint density at radius 1 is 1.08 bits per heavy atom. The van der Waals surface area contributed by atoms with Gasteiger partial charge in [-0.1, -0.05) is 30.3 Å². The zero-order chi connectivity index (χ0) is 16.8. The van der Waals surface area contributed by atoms with E-state index in [1.165, 1.54) is 5.56 Å². The molecule has 0 aliphatic rings. The van der Waals surface area contributed by atoms with Gasteiger partial charge in [-0.15, -0.1) is 0 Å². The van der Waals surface area contributed by atoms with Gasteiger partial charge >= 0.3 is 0 Å². The van der Waals surface area contributed by atoms with Crippen molar-refractivity contribution < 1.29 is 0 Å². The standard InChI is InChI=1S/C19H21N5/c1-14-5-4-7-16(13-14)23-19(20)22-12-11-21-18-10-9-15-6-2-3-8-17(15)24-18/h2-10,13H,11-12H2,1H3,(H,21,24)(H3,20,22,23). The van der Waals surface area contributed by atoms with Gasteiger partial charge in [0, 0.05) is 17.6 Å². The molecule has 0 fully saturated rings. The molecule has 0 aliphatic carbocycles. The van der Waals surface area contributed by atoms with Crippen molar-refractivity contribution in [2.75, 3.05) is 23.7 Å². The number of nitrogens with one attached hydrogen (secondary N) is 2. The monoisotopic (exact) mass is 319 g/mol. The van der Waals surface area contributed by atoms with Gasteiger partial charge in [0.25, 0.3) is 0 Å². The van der Waals surface area contributed by atoms with Crippen molar-refractivity contribution in [1.29, 1.82) is 0 Å². The normalized spacial score (nSPS) is 11.5. The second kappa shape index (κ2) is 7.46. The molecule has 0 saturated carbocycles. The average molecular weight is 319 g/mol. The number of pyridine rings is 1. The third-order valence-electron chi connectivity index (χ3n) is 3.59. The Hall–Kier alpha value is -3.08. The summed E-state index contributed by atoms with van der Waals surface area (Å²) in [5.41, 5.74) is 9.01. The van der Waals surface area contributed by atoms with E-state index in [2.05, 4.69) is 26.7 Å². The molecule has 3 aromatic rings. The Morgan fingerprint density at radius 3 is 2.83 bits per heavy atom. The minimum Gasteiger partial charge on any atom is -0.370 e. The van der Waals surface area contributed by atoms with Gasteiger partial charge in [-0.2, -0.15) is 0 Å². The van der Waals surface area contributed by atoms with Crippen LogP contribution < -0.4 is 16.4 Å². The number of guanidine groups is 1. The van der Waals surface area contributed by atoms with Crippen LogP contribution in [0.15, 0.2) is 65.7 Å². The number of benzene rings is 2. The zero-order valence-corrected chi connectivity index (χ0v) is 13.7. The van der Waals surface area contributed by atoms with Crippen LogP contribution in [-0.2, 0) is 0 Å². The van der Waals surface area contributed by atoms with Crippen LogP contribution in [0.1, 0.15) is 5.56 Å².